The van der Waals surface area contributed by atoms with Crippen LogP contribution >= 0.6 is 0 Å². The van der Waals surface area contributed by atoms with Crippen molar-refractivity contribution < 1.29 is 9.53 Å². The van der Waals surface area contributed by atoms with Gasteiger partial charge < -0.3 is 4.74 Å². The van der Waals surface area contributed by atoms with Gasteiger partial charge in [-0.3, -0.25) is 4.79 Å². The molecule has 0 unspecified atom stereocenters. The maximum absolute atomic E-state index is 11.2. The minimum atomic E-state index is -0.0657. The molecule has 0 atom stereocenters. The molecule has 0 aromatic carbocycles. The number of esters is 1. The lowest BCUT2D eigenvalue weighted by atomic mass is 10.1. The molecular weight excluding hydrogens is 188 g/mol. The lowest BCUT2D eigenvalue weighted by Gasteiger charge is -2.02. The second-order valence-electron chi connectivity index (χ2n) is 4.13. The molecule has 0 aromatic heterocycles. The summed E-state index contributed by atoms with van der Waals surface area (Å²) in [5.41, 5.74) is 1.19. The molecule has 0 saturated heterocycles. The van der Waals surface area contributed by atoms with Gasteiger partial charge in [-0.25, -0.2) is 0 Å². The number of hydrogen-bond donors (Lipinski definition) is 0. The van der Waals surface area contributed by atoms with Crippen molar-refractivity contribution in [2.45, 2.75) is 59.3 Å². The predicted molar refractivity (Wildman–Crippen MR) is 63.8 cm³/mol. The van der Waals surface area contributed by atoms with E-state index in [2.05, 4.69) is 6.92 Å². The van der Waals surface area contributed by atoms with E-state index in [0.29, 0.717) is 13.0 Å². The molecule has 0 heterocycles. The molecule has 0 N–H and O–H groups in total. The summed E-state index contributed by atoms with van der Waals surface area (Å²) in [6.45, 7) is 6.61. The molecule has 0 aliphatic heterocycles. The Labute approximate surface area is 93.7 Å². The molecule has 0 spiro atoms. The average molecular weight is 212 g/mol. The maximum Gasteiger partial charge on any atom is 0.306 e. The number of hydrogen-bond acceptors (Lipinski definition) is 2. The Bertz CT molecular complexity index is 191. The quantitative estimate of drug-likeness (QED) is 0.347. The van der Waals surface area contributed by atoms with Crippen LogP contribution in [-0.4, -0.2) is 12.6 Å². The summed E-state index contributed by atoms with van der Waals surface area (Å²) in [6, 6.07) is 0. The van der Waals surface area contributed by atoms with Crippen LogP contribution in [0.15, 0.2) is 11.6 Å². The standard InChI is InChI=1S/C13H24O2/c1-4-5-6-7-8-9-13(14)15-11-10-12(2)3/h10H,4-9,11H2,1-3H3. The fourth-order valence-corrected chi connectivity index (χ4v) is 1.25. The zero-order valence-corrected chi connectivity index (χ0v) is 10.3. The van der Waals surface area contributed by atoms with E-state index < -0.39 is 0 Å². The van der Waals surface area contributed by atoms with Gasteiger partial charge in [0.15, 0.2) is 0 Å². The van der Waals surface area contributed by atoms with Crippen molar-refractivity contribution in [3.05, 3.63) is 11.6 Å². The van der Waals surface area contributed by atoms with Gasteiger partial charge in [0.2, 0.25) is 0 Å². The van der Waals surface area contributed by atoms with E-state index >= 15 is 0 Å². The van der Waals surface area contributed by atoms with Crippen molar-refractivity contribution in [1.29, 1.82) is 0 Å². The summed E-state index contributed by atoms with van der Waals surface area (Å²) in [5, 5.41) is 0. The van der Waals surface area contributed by atoms with Gasteiger partial charge in [0.25, 0.3) is 0 Å². The molecule has 0 bridgehead atoms. The Morgan fingerprint density at radius 1 is 1.13 bits per heavy atom. The third-order valence-electron chi connectivity index (χ3n) is 2.22. The van der Waals surface area contributed by atoms with Crippen LogP contribution in [0.4, 0.5) is 0 Å². The Kier molecular flexibility index (Phi) is 9.24. The minimum Gasteiger partial charge on any atom is -0.461 e. The maximum atomic E-state index is 11.2. The van der Waals surface area contributed by atoms with Crippen LogP contribution in [0.25, 0.3) is 0 Å². The van der Waals surface area contributed by atoms with Gasteiger partial charge in [0, 0.05) is 6.42 Å². The number of ether oxygens (including phenoxy) is 1. The van der Waals surface area contributed by atoms with E-state index in [-0.39, 0.29) is 5.97 Å². The highest BCUT2D eigenvalue weighted by Gasteiger charge is 2.00. The van der Waals surface area contributed by atoms with Crippen LogP contribution in [-0.2, 0) is 9.53 Å². The van der Waals surface area contributed by atoms with E-state index in [1.165, 1.54) is 24.8 Å². The lowest BCUT2D eigenvalue weighted by Crippen LogP contribution is -2.04. The summed E-state index contributed by atoms with van der Waals surface area (Å²) in [6.07, 6.45) is 8.35. The second-order valence-corrected chi connectivity index (χ2v) is 4.13. The summed E-state index contributed by atoms with van der Waals surface area (Å²) in [4.78, 5) is 11.2. The van der Waals surface area contributed by atoms with Gasteiger partial charge in [0.05, 0.1) is 0 Å². The van der Waals surface area contributed by atoms with E-state index in [1.54, 1.807) is 0 Å². The van der Waals surface area contributed by atoms with Gasteiger partial charge in [-0.1, -0.05) is 38.2 Å². The Hall–Kier alpha value is -0.790. The van der Waals surface area contributed by atoms with E-state index in [0.717, 1.165) is 12.8 Å². The first kappa shape index (κ1) is 14.2. The zero-order valence-electron chi connectivity index (χ0n) is 10.3. The van der Waals surface area contributed by atoms with Crippen molar-refractivity contribution in [2.75, 3.05) is 6.61 Å². The first-order valence-electron chi connectivity index (χ1n) is 5.95. The minimum absolute atomic E-state index is 0.0657. The molecule has 0 radical (unpaired) electrons. The monoisotopic (exact) mass is 212 g/mol. The van der Waals surface area contributed by atoms with Crippen molar-refractivity contribution in [3.8, 4) is 0 Å². The van der Waals surface area contributed by atoms with E-state index in [4.69, 9.17) is 4.74 Å². The third kappa shape index (κ3) is 11.1. The van der Waals surface area contributed by atoms with Gasteiger partial charge in [-0.05, 0) is 26.3 Å². The first-order valence-corrected chi connectivity index (χ1v) is 5.95. The molecule has 0 aliphatic rings. The molecule has 15 heavy (non-hydrogen) atoms. The topological polar surface area (TPSA) is 26.3 Å². The molecular formula is C13H24O2. The Morgan fingerprint density at radius 2 is 1.80 bits per heavy atom. The number of carbonyl (C=O) groups is 1. The molecule has 88 valence electrons. The van der Waals surface area contributed by atoms with Crippen LogP contribution in [0, 0.1) is 0 Å². The summed E-state index contributed by atoms with van der Waals surface area (Å²) in [7, 11) is 0. The number of carbonyl (C=O) groups excluding carboxylic acids is 1. The summed E-state index contributed by atoms with van der Waals surface area (Å²) in [5.74, 6) is -0.0657. The van der Waals surface area contributed by atoms with Crippen LogP contribution in [0.2, 0.25) is 0 Å². The fourth-order valence-electron chi connectivity index (χ4n) is 1.25. The van der Waals surface area contributed by atoms with Gasteiger partial charge in [-0.15, -0.1) is 0 Å². The van der Waals surface area contributed by atoms with Crippen LogP contribution in [0.1, 0.15) is 59.3 Å². The van der Waals surface area contributed by atoms with Crippen molar-refractivity contribution in [1.82, 2.24) is 0 Å². The molecule has 0 saturated carbocycles. The zero-order chi connectivity index (χ0) is 11.5. The normalized spacial score (nSPS) is 9.80. The molecule has 0 aliphatic carbocycles. The van der Waals surface area contributed by atoms with E-state index in [1.807, 2.05) is 19.9 Å². The fraction of sp³-hybridized carbons (Fsp3) is 0.769. The van der Waals surface area contributed by atoms with Crippen LogP contribution in [0.5, 0.6) is 0 Å². The van der Waals surface area contributed by atoms with Crippen LogP contribution < -0.4 is 0 Å². The smallest absolute Gasteiger partial charge is 0.306 e. The molecule has 2 nitrogen and oxygen atoms in total. The first-order chi connectivity index (χ1) is 7.16. The van der Waals surface area contributed by atoms with Gasteiger partial charge >= 0.3 is 5.97 Å². The summed E-state index contributed by atoms with van der Waals surface area (Å²) >= 11 is 0. The SMILES string of the molecule is CCCCCCCC(=O)OCC=C(C)C. The van der Waals surface area contributed by atoms with Crippen molar-refractivity contribution in [3.63, 3.8) is 0 Å². The molecule has 2 heteroatoms. The van der Waals surface area contributed by atoms with Gasteiger partial charge in [0.1, 0.15) is 6.61 Å². The third-order valence-corrected chi connectivity index (χ3v) is 2.22. The molecule has 0 aromatic rings. The van der Waals surface area contributed by atoms with Gasteiger partial charge in [-0.2, -0.15) is 0 Å². The average Bonchev–Trinajstić information content (AvgIpc) is 2.17. The molecule has 0 amide bonds. The number of unbranched alkanes of at least 4 members (excludes halogenated alkanes) is 4. The molecule has 0 fully saturated rings. The van der Waals surface area contributed by atoms with Crippen molar-refractivity contribution >= 4 is 5.97 Å². The Morgan fingerprint density at radius 3 is 2.40 bits per heavy atom. The number of rotatable bonds is 8. The number of allylic oxidation sites excluding steroid dienone is 1. The molecule has 0 rings (SSSR count). The predicted octanol–water partition coefficient (Wildman–Crippen LogP) is 3.86. The Balaban J connectivity index is 3.30. The largest absolute Gasteiger partial charge is 0.461 e. The highest BCUT2D eigenvalue weighted by Crippen LogP contribution is 2.05. The second kappa shape index (κ2) is 9.75. The van der Waals surface area contributed by atoms with Crippen LogP contribution in [0.3, 0.4) is 0 Å². The highest BCUT2D eigenvalue weighted by molar-refractivity contribution is 5.69. The lowest BCUT2D eigenvalue weighted by molar-refractivity contribution is -0.142. The summed E-state index contributed by atoms with van der Waals surface area (Å²) < 4.78 is 5.04. The van der Waals surface area contributed by atoms with Crippen molar-refractivity contribution in [2.24, 2.45) is 0 Å². The van der Waals surface area contributed by atoms with E-state index in [9.17, 15) is 4.79 Å². The highest BCUT2D eigenvalue weighted by atomic mass is 16.5.